The van der Waals surface area contributed by atoms with Crippen LogP contribution >= 0.6 is 0 Å². The first kappa shape index (κ1) is 17.2. The van der Waals surface area contributed by atoms with E-state index in [-0.39, 0.29) is 5.54 Å². The average Bonchev–Trinajstić information content (AvgIpc) is 3.02. The molecule has 3 heteroatoms. The molecule has 1 heterocycles. The Morgan fingerprint density at radius 3 is 1.90 bits per heavy atom. The second-order valence-electron chi connectivity index (χ2n) is 7.24. The zero-order valence-corrected chi connectivity index (χ0v) is 14.1. The van der Waals surface area contributed by atoms with Crippen LogP contribution in [0.3, 0.4) is 0 Å². The predicted molar refractivity (Wildman–Crippen MR) is 89.6 cm³/mol. The monoisotopic (exact) mass is 296 g/mol. The number of likely N-dealkylation sites (N-methyl/N-ethyl adjacent to an activating group) is 1. The van der Waals surface area contributed by atoms with Crippen LogP contribution in [-0.4, -0.2) is 43.3 Å². The first-order valence-electron chi connectivity index (χ1n) is 9.29. The summed E-state index contributed by atoms with van der Waals surface area (Å²) in [5.41, 5.74) is 6.52. The maximum atomic E-state index is 6.30. The number of ether oxygens (including phenoxy) is 1. The minimum atomic E-state index is 0.220. The lowest BCUT2D eigenvalue weighted by Gasteiger charge is -2.45. The van der Waals surface area contributed by atoms with E-state index in [0.29, 0.717) is 6.04 Å². The molecule has 0 aromatic rings. The Morgan fingerprint density at radius 2 is 1.48 bits per heavy atom. The standard InChI is InChI=1S/C18H36N2O/c1-20(17-11-14-21-15-17)18(16-19)12-9-7-5-3-2-4-6-8-10-13-18/h17H,2-16,19H2,1H3. The molecule has 2 N–H and O–H groups in total. The Morgan fingerprint density at radius 1 is 0.952 bits per heavy atom. The van der Waals surface area contributed by atoms with E-state index in [4.69, 9.17) is 10.5 Å². The molecule has 2 aliphatic rings. The third-order valence-corrected chi connectivity index (χ3v) is 5.87. The van der Waals surface area contributed by atoms with Crippen molar-refractivity contribution in [1.29, 1.82) is 0 Å². The van der Waals surface area contributed by atoms with Gasteiger partial charge in [-0.1, -0.05) is 57.8 Å². The molecule has 0 aromatic carbocycles. The van der Waals surface area contributed by atoms with E-state index < -0.39 is 0 Å². The molecule has 21 heavy (non-hydrogen) atoms. The summed E-state index contributed by atoms with van der Waals surface area (Å²) in [4.78, 5) is 2.60. The molecular formula is C18H36N2O. The first-order valence-corrected chi connectivity index (χ1v) is 9.29. The van der Waals surface area contributed by atoms with Crippen molar-refractivity contribution in [1.82, 2.24) is 4.90 Å². The highest BCUT2D eigenvalue weighted by Crippen LogP contribution is 2.32. The van der Waals surface area contributed by atoms with Crippen molar-refractivity contribution in [2.45, 2.75) is 88.6 Å². The van der Waals surface area contributed by atoms with Gasteiger partial charge in [-0.05, 0) is 26.3 Å². The second-order valence-corrected chi connectivity index (χ2v) is 7.24. The van der Waals surface area contributed by atoms with Crippen molar-refractivity contribution in [2.75, 3.05) is 26.8 Å². The number of nitrogens with zero attached hydrogens (tertiary/aromatic N) is 1. The molecule has 1 unspecified atom stereocenters. The largest absolute Gasteiger partial charge is 0.380 e. The molecule has 1 aliphatic carbocycles. The quantitative estimate of drug-likeness (QED) is 0.863. The molecule has 0 spiro atoms. The van der Waals surface area contributed by atoms with Crippen LogP contribution in [0.2, 0.25) is 0 Å². The van der Waals surface area contributed by atoms with Gasteiger partial charge in [-0.15, -0.1) is 0 Å². The summed E-state index contributed by atoms with van der Waals surface area (Å²) in [6.07, 6.45) is 16.3. The van der Waals surface area contributed by atoms with E-state index in [1.165, 1.54) is 77.0 Å². The van der Waals surface area contributed by atoms with E-state index in [1.807, 2.05) is 0 Å². The van der Waals surface area contributed by atoms with Crippen LogP contribution in [0.15, 0.2) is 0 Å². The summed E-state index contributed by atoms with van der Waals surface area (Å²) in [7, 11) is 2.30. The van der Waals surface area contributed by atoms with Gasteiger partial charge in [0.15, 0.2) is 0 Å². The molecule has 0 bridgehead atoms. The van der Waals surface area contributed by atoms with Gasteiger partial charge in [0.05, 0.1) is 6.61 Å². The highest BCUT2D eigenvalue weighted by Gasteiger charge is 2.37. The molecule has 2 rings (SSSR count). The zero-order valence-electron chi connectivity index (χ0n) is 14.1. The molecule has 1 saturated carbocycles. The van der Waals surface area contributed by atoms with Gasteiger partial charge in [0.2, 0.25) is 0 Å². The number of nitrogens with two attached hydrogens (primary N) is 1. The van der Waals surface area contributed by atoms with Gasteiger partial charge < -0.3 is 10.5 Å². The Bertz CT molecular complexity index is 264. The third-order valence-electron chi connectivity index (χ3n) is 5.87. The van der Waals surface area contributed by atoms with Crippen LogP contribution in [0.4, 0.5) is 0 Å². The SMILES string of the molecule is CN(C1CCOC1)C1(CN)CCCCCCCCCCC1. The lowest BCUT2D eigenvalue weighted by atomic mass is 9.83. The maximum absolute atomic E-state index is 6.30. The average molecular weight is 296 g/mol. The number of hydrogen-bond donors (Lipinski definition) is 1. The van der Waals surface area contributed by atoms with Crippen molar-refractivity contribution in [2.24, 2.45) is 5.73 Å². The lowest BCUT2D eigenvalue weighted by molar-refractivity contribution is 0.0479. The van der Waals surface area contributed by atoms with Gasteiger partial charge in [-0.2, -0.15) is 0 Å². The van der Waals surface area contributed by atoms with Crippen molar-refractivity contribution >= 4 is 0 Å². The molecule has 0 aromatic heterocycles. The molecule has 0 radical (unpaired) electrons. The minimum Gasteiger partial charge on any atom is -0.380 e. The molecule has 1 saturated heterocycles. The fraction of sp³-hybridized carbons (Fsp3) is 1.00. The molecule has 2 fully saturated rings. The van der Waals surface area contributed by atoms with Crippen LogP contribution in [0, 0.1) is 0 Å². The fourth-order valence-corrected chi connectivity index (χ4v) is 4.19. The predicted octanol–water partition coefficient (Wildman–Crippen LogP) is 3.71. The van der Waals surface area contributed by atoms with Crippen LogP contribution in [0.25, 0.3) is 0 Å². The second kappa shape index (κ2) is 9.12. The van der Waals surface area contributed by atoms with Gasteiger partial charge in [0.25, 0.3) is 0 Å². The normalized spacial score (nSPS) is 29.0. The molecule has 3 nitrogen and oxygen atoms in total. The van der Waals surface area contributed by atoms with E-state index in [1.54, 1.807) is 0 Å². The summed E-state index contributed by atoms with van der Waals surface area (Å²) >= 11 is 0. The number of hydrogen-bond acceptors (Lipinski definition) is 3. The highest BCUT2D eigenvalue weighted by molar-refractivity contribution is 4.94. The van der Waals surface area contributed by atoms with Crippen molar-refractivity contribution in [3.8, 4) is 0 Å². The first-order chi connectivity index (χ1) is 10.3. The van der Waals surface area contributed by atoms with E-state index >= 15 is 0 Å². The fourth-order valence-electron chi connectivity index (χ4n) is 4.19. The van der Waals surface area contributed by atoms with Gasteiger partial charge >= 0.3 is 0 Å². The van der Waals surface area contributed by atoms with Crippen molar-refractivity contribution in [3.63, 3.8) is 0 Å². The van der Waals surface area contributed by atoms with Crippen LogP contribution < -0.4 is 5.73 Å². The Balaban J connectivity index is 1.98. The molecule has 1 aliphatic heterocycles. The molecule has 1 atom stereocenters. The van der Waals surface area contributed by atoms with Crippen molar-refractivity contribution < 1.29 is 4.74 Å². The van der Waals surface area contributed by atoms with E-state index in [2.05, 4.69) is 11.9 Å². The number of rotatable bonds is 3. The molecule has 0 amide bonds. The summed E-state index contributed by atoms with van der Waals surface area (Å²) in [5.74, 6) is 0. The molecular weight excluding hydrogens is 260 g/mol. The van der Waals surface area contributed by atoms with Gasteiger partial charge in [-0.25, -0.2) is 0 Å². The van der Waals surface area contributed by atoms with Gasteiger partial charge in [0, 0.05) is 24.7 Å². The minimum absolute atomic E-state index is 0.220. The van der Waals surface area contributed by atoms with Crippen LogP contribution in [0.1, 0.15) is 77.0 Å². The Kier molecular flexibility index (Phi) is 7.48. The zero-order chi connectivity index (χ0) is 15.0. The Hall–Kier alpha value is -0.120. The van der Waals surface area contributed by atoms with E-state index in [9.17, 15) is 0 Å². The smallest absolute Gasteiger partial charge is 0.0622 e. The van der Waals surface area contributed by atoms with Crippen molar-refractivity contribution in [3.05, 3.63) is 0 Å². The van der Waals surface area contributed by atoms with Crippen LogP contribution in [0.5, 0.6) is 0 Å². The summed E-state index contributed by atoms with van der Waals surface area (Å²) < 4.78 is 5.61. The maximum Gasteiger partial charge on any atom is 0.0622 e. The summed E-state index contributed by atoms with van der Waals surface area (Å²) in [6, 6.07) is 0.585. The van der Waals surface area contributed by atoms with Gasteiger partial charge in [0.1, 0.15) is 0 Å². The summed E-state index contributed by atoms with van der Waals surface area (Å²) in [6.45, 7) is 2.63. The lowest BCUT2D eigenvalue weighted by Crippen LogP contribution is -2.56. The highest BCUT2D eigenvalue weighted by atomic mass is 16.5. The summed E-state index contributed by atoms with van der Waals surface area (Å²) in [5, 5.41) is 0. The topological polar surface area (TPSA) is 38.5 Å². The Labute approximate surface area is 131 Å². The van der Waals surface area contributed by atoms with E-state index in [0.717, 1.165) is 19.8 Å². The van der Waals surface area contributed by atoms with Crippen LogP contribution in [-0.2, 0) is 4.74 Å². The van der Waals surface area contributed by atoms with Gasteiger partial charge in [-0.3, -0.25) is 4.90 Å². The third kappa shape index (κ3) is 4.94. The molecule has 124 valence electrons.